The van der Waals surface area contributed by atoms with Gasteiger partial charge >= 0.3 is 0 Å². The van der Waals surface area contributed by atoms with Gasteiger partial charge in [0, 0.05) is 36.0 Å². The highest BCUT2D eigenvalue weighted by Crippen LogP contribution is 2.39. The molecule has 3 aromatic rings. The van der Waals surface area contributed by atoms with Crippen molar-refractivity contribution < 1.29 is 4.79 Å². The van der Waals surface area contributed by atoms with Crippen molar-refractivity contribution in [3.05, 3.63) is 65.2 Å². The maximum absolute atomic E-state index is 12.4. The molecule has 35 heavy (non-hydrogen) atoms. The lowest BCUT2D eigenvalue weighted by Gasteiger charge is -2.29. The lowest BCUT2D eigenvalue weighted by Crippen LogP contribution is -2.42. The van der Waals surface area contributed by atoms with E-state index in [0.717, 1.165) is 48.7 Å². The smallest absolute Gasteiger partial charge is 0.224 e. The van der Waals surface area contributed by atoms with Crippen LogP contribution in [0.5, 0.6) is 0 Å². The lowest BCUT2D eigenvalue weighted by molar-refractivity contribution is -0.121. The Morgan fingerprint density at radius 1 is 1.06 bits per heavy atom. The van der Waals surface area contributed by atoms with Gasteiger partial charge in [0.1, 0.15) is 11.6 Å². The second-order valence-electron chi connectivity index (χ2n) is 9.45. The number of hydrogen-bond donors (Lipinski definition) is 4. The van der Waals surface area contributed by atoms with Crippen molar-refractivity contribution in [1.82, 2.24) is 30.8 Å². The number of nitrogens with one attached hydrogen (secondary N) is 4. The fraction of sp³-hybridized carbons (Fsp3) is 0.423. The summed E-state index contributed by atoms with van der Waals surface area (Å²) in [5.41, 5.74) is 2.63. The topological polar surface area (TPSA) is 131 Å². The van der Waals surface area contributed by atoms with Gasteiger partial charge in [-0.1, -0.05) is 12.1 Å². The van der Waals surface area contributed by atoms with Crippen molar-refractivity contribution >= 4 is 17.5 Å². The molecular weight excluding hydrogens is 440 g/mol. The largest absolute Gasteiger partial charge is 0.353 e. The highest BCUT2D eigenvalue weighted by atomic mass is 16.1. The van der Waals surface area contributed by atoms with Crippen LogP contribution in [0.15, 0.2) is 42.6 Å². The van der Waals surface area contributed by atoms with Gasteiger partial charge in [-0.15, -0.1) is 0 Å². The summed E-state index contributed by atoms with van der Waals surface area (Å²) < 4.78 is 0. The van der Waals surface area contributed by atoms with E-state index in [0.29, 0.717) is 30.5 Å². The molecule has 0 atom stereocenters. The number of carbonyl (C=O) groups excluding carboxylic acids is 1. The van der Waals surface area contributed by atoms with Gasteiger partial charge in [-0.2, -0.15) is 10.4 Å². The summed E-state index contributed by atoms with van der Waals surface area (Å²) in [7, 11) is 0. The number of benzene rings is 1. The molecule has 1 aromatic carbocycles. The molecule has 9 heteroatoms. The Labute approximate surface area is 204 Å². The first-order valence-corrected chi connectivity index (χ1v) is 12.3. The Hall–Kier alpha value is -3.77. The summed E-state index contributed by atoms with van der Waals surface area (Å²) in [6.45, 7) is 0.598. The Bertz CT molecular complexity index is 1200. The molecule has 180 valence electrons. The third-order valence-corrected chi connectivity index (χ3v) is 6.64. The molecule has 0 spiro atoms. The Morgan fingerprint density at radius 3 is 2.69 bits per heavy atom. The van der Waals surface area contributed by atoms with Crippen molar-refractivity contribution in [3.8, 4) is 6.07 Å². The van der Waals surface area contributed by atoms with Crippen molar-refractivity contribution in [1.29, 1.82) is 5.26 Å². The molecule has 2 saturated carbocycles. The van der Waals surface area contributed by atoms with E-state index < -0.39 is 0 Å². The predicted octanol–water partition coefficient (Wildman–Crippen LogP) is 3.45. The summed E-state index contributed by atoms with van der Waals surface area (Å²) in [6.07, 6.45) is 8.39. The summed E-state index contributed by atoms with van der Waals surface area (Å²) in [5, 5.41) is 26.4. The Kier molecular flexibility index (Phi) is 7.00. The van der Waals surface area contributed by atoms with Gasteiger partial charge in [0.15, 0.2) is 5.82 Å². The van der Waals surface area contributed by atoms with Crippen LogP contribution >= 0.6 is 0 Å². The van der Waals surface area contributed by atoms with E-state index in [2.05, 4.69) is 48.3 Å². The number of anilines is 2. The van der Waals surface area contributed by atoms with Crippen molar-refractivity contribution in [2.45, 2.75) is 69.5 Å². The lowest BCUT2D eigenvalue weighted by atomic mass is 9.91. The second-order valence-corrected chi connectivity index (χ2v) is 9.45. The first-order chi connectivity index (χ1) is 17.1. The number of H-pyrrole nitrogens is 1. The molecule has 2 aromatic heterocycles. The van der Waals surface area contributed by atoms with E-state index in [4.69, 9.17) is 5.26 Å². The van der Waals surface area contributed by atoms with Gasteiger partial charge in [0.25, 0.3) is 0 Å². The second kappa shape index (κ2) is 10.7. The quantitative estimate of drug-likeness (QED) is 0.377. The zero-order chi connectivity index (χ0) is 24.0. The number of hydrogen-bond acceptors (Lipinski definition) is 7. The molecule has 4 N–H and O–H groups in total. The third kappa shape index (κ3) is 6.43. The average molecular weight is 471 g/mol. The predicted molar refractivity (Wildman–Crippen MR) is 132 cm³/mol. The molecule has 2 aliphatic carbocycles. The van der Waals surface area contributed by atoms with E-state index >= 15 is 0 Å². The molecule has 2 aliphatic rings. The summed E-state index contributed by atoms with van der Waals surface area (Å²) in [6, 6.07) is 13.8. The molecule has 0 saturated heterocycles. The number of aromatic nitrogens is 4. The minimum Gasteiger partial charge on any atom is -0.353 e. The Balaban J connectivity index is 1.04. The number of amides is 1. The maximum atomic E-state index is 12.4. The first kappa shape index (κ1) is 23.0. The van der Waals surface area contributed by atoms with E-state index in [-0.39, 0.29) is 11.9 Å². The van der Waals surface area contributed by atoms with E-state index in [1.807, 2.05) is 18.2 Å². The number of aromatic amines is 1. The van der Waals surface area contributed by atoms with Crippen molar-refractivity contribution in [3.63, 3.8) is 0 Å². The number of carbonyl (C=O) groups is 1. The van der Waals surface area contributed by atoms with Crippen LogP contribution in [0.2, 0.25) is 0 Å². The molecule has 0 bridgehead atoms. The monoisotopic (exact) mass is 470 g/mol. The van der Waals surface area contributed by atoms with Crippen molar-refractivity contribution in [2.75, 3.05) is 5.32 Å². The maximum Gasteiger partial charge on any atom is 0.224 e. The van der Waals surface area contributed by atoms with Gasteiger partial charge < -0.3 is 16.0 Å². The summed E-state index contributed by atoms with van der Waals surface area (Å²) in [5.74, 6) is 2.89. The van der Waals surface area contributed by atoms with Crippen molar-refractivity contribution in [2.24, 2.45) is 0 Å². The van der Waals surface area contributed by atoms with Gasteiger partial charge in [0.05, 0.1) is 24.6 Å². The van der Waals surface area contributed by atoms with Gasteiger partial charge in [-0.3, -0.25) is 9.89 Å². The van der Waals surface area contributed by atoms with Crippen LogP contribution in [0.3, 0.4) is 0 Å². The van der Waals surface area contributed by atoms with Gasteiger partial charge in [-0.05, 0) is 62.3 Å². The fourth-order valence-corrected chi connectivity index (χ4v) is 4.58. The highest BCUT2D eigenvalue weighted by molar-refractivity contribution is 5.79. The SMILES string of the molecule is N#Cc1cccc(CC(=O)NC2CCC(NCc3nccc(Nc4cc(C5CC5)[nH]n4)n3)CC2)c1. The first-order valence-electron chi connectivity index (χ1n) is 12.3. The summed E-state index contributed by atoms with van der Waals surface area (Å²) in [4.78, 5) is 21.4. The number of nitriles is 1. The van der Waals surface area contributed by atoms with Gasteiger partial charge in [-0.25, -0.2) is 9.97 Å². The van der Waals surface area contributed by atoms with Crippen LogP contribution in [0.4, 0.5) is 11.6 Å². The normalized spacial score (nSPS) is 19.6. The molecule has 0 radical (unpaired) electrons. The molecule has 9 nitrogen and oxygen atoms in total. The molecule has 0 unspecified atom stereocenters. The van der Waals surface area contributed by atoms with Crippen LogP contribution in [0.25, 0.3) is 0 Å². The van der Waals surface area contributed by atoms with Crippen LogP contribution in [-0.2, 0) is 17.8 Å². The van der Waals surface area contributed by atoms with E-state index in [1.165, 1.54) is 18.5 Å². The van der Waals surface area contributed by atoms with Crippen LogP contribution in [0, 0.1) is 11.3 Å². The van der Waals surface area contributed by atoms with Crippen LogP contribution in [0.1, 0.15) is 67.1 Å². The van der Waals surface area contributed by atoms with Crippen LogP contribution < -0.4 is 16.0 Å². The minimum atomic E-state index is 0.00961. The number of nitrogens with zero attached hydrogens (tertiary/aromatic N) is 4. The fourth-order valence-electron chi connectivity index (χ4n) is 4.58. The minimum absolute atomic E-state index is 0.00961. The van der Waals surface area contributed by atoms with Gasteiger partial charge in [0.2, 0.25) is 5.91 Å². The van der Waals surface area contributed by atoms with Crippen LogP contribution in [-0.4, -0.2) is 38.2 Å². The molecular formula is C26H30N8O. The zero-order valence-electron chi connectivity index (χ0n) is 19.6. The summed E-state index contributed by atoms with van der Waals surface area (Å²) >= 11 is 0. The van der Waals surface area contributed by atoms with E-state index in [1.54, 1.807) is 18.3 Å². The average Bonchev–Trinajstić information content (AvgIpc) is 3.63. The third-order valence-electron chi connectivity index (χ3n) is 6.64. The standard InChI is InChI=1S/C26H30N8O/c27-15-18-3-1-2-17(12-18)13-26(35)30-21-8-6-20(7-9-21)29-16-25-28-11-10-23(32-25)31-24-14-22(33-34-24)19-4-5-19/h1-3,10-12,14,19-21,29H,4-9,13,16H2,(H,30,35)(H2,28,31,32,33,34). The molecule has 2 heterocycles. The number of rotatable bonds is 9. The van der Waals surface area contributed by atoms with E-state index in [9.17, 15) is 4.79 Å². The zero-order valence-corrected chi connectivity index (χ0v) is 19.6. The highest BCUT2D eigenvalue weighted by Gasteiger charge is 2.25. The molecule has 5 rings (SSSR count). The molecule has 2 fully saturated rings. The Morgan fingerprint density at radius 2 is 1.89 bits per heavy atom. The molecule has 0 aliphatic heterocycles. The molecule has 1 amide bonds.